The number of benzene rings is 2. The van der Waals surface area contributed by atoms with Gasteiger partial charge in [-0.1, -0.05) is 53.7 Å². The Morgan fingerprint density at radius 1 is 1.04 bits per heavy atom. The Morgan fingerprint density at radius 2 is 1.85 bits per heavy atom. The number of halogens is 1. The standard InChI is InChI=1S/C20H15ClN2O2S/c21-17-9-3-1-6-14(17)13-26-20-22-18-10-4-2-8-16(18)19(24)23(20)12-15-7-5-11-25-15/h1-11H,12-13H2. The van der Waals surface area contributed by atoms with Gasteiger partial charge in [-0.25, -0.2) is 4.98 Å². The van der Waals surface area contributed by atoms with Crippen molar-refractivity contribution in [1.29, 1.82) is 0 Å². The molecule has 0 aliphatic rings. The Morgan fingerprint density at radius 3 is 2.65 bits per heavy atom. The van der Waals surface area contributed by atoms with Gasteiger partial charge < -0.3 is 4.42 Å². The van der Waals surface area contributed by atoms with Crippen molar-refractivity contribution in [3.8, 4) is 0 Å². The Kier molecular flexibility index (Phi) is 4.82. The van der Waals surface area contributed by atoms with Crippen LogP contribution in [0.15, 0.2) is 81.3 Å². The molecule has 0 saturated heterocycles. The van der Waals surface area contributed by atoms with Crippen LogP contribution in [0.2, 0.25) is 5.02 Å². The predicted molar refractivity (Wildman–Crippen MR) is 105 cm³/mol. The molecule has 2 aromatic heterocycles. The Labute approximate surface area is 159 Å². The monoisotopic (exact) mass is 382 g/mol. The normalized spacial score (nSPS) is 11.1. The van der Waals surface area contributed by atoms with Crippen molar-refractivity contribution in [1.82, 2.24) is 9.55 Å². The summed E-state index contributed by atoms with van der Waals surface area (Å²) in [5.74, 6) is 1.34. The number of furan rings is 1. The number of aromatic nitrogens is 2. The first-order chi connectivity index (χ1) is 12.7. The maximum absolute atomic E-state index is 13.0. The third-order valence-corrected chi connectivity index (χ3v) is 5.43. The lowest BCUT2D eigenvalue weighted by atomic mass is 10.2. The summed E-state index contributed by atoms with van der Waals surface area (Å²) in [6.07, 6.45) is 1.60. The number of fused-ring (bicyclic) bond motifs is 1. The van der Waals surface area contributed by atoms with Gasteiger partial charge in [0.15, 0.2) is 5.16 Å². The van der Waals surface area contributed by atoms with E-state index in [0.717, 1.165) is 5.56 Å². The average Bonchev–Trinajstić information content (AvgIpc) is 3.17. The predicted octanol–water partition coefficient (Wildman–Crippen LogP) is 4.98. The average molecular weight is 383 g/mol. The van der Waals surface area contributed by atoms with Crippen LogP contribution in [0.3, 0.4) is 0 Å². The molecule has 4 rings (SSSR count). The second-order valence-corrected chi connectivity index (χ2v) is 7.11. The smallest absolute Gasteiger partial charge is 0.262 e. The molecule has 130 valence electrons. The topological polar surface area (TPSA) is 48.0 Å². The van der Waals surface area contributed by atoms with Crippen molar-refractivity contribution in [3.63, 3.8) is 0 Å². The van der Waals surface area contributed by atoms with Crippen LogP contribution in [-0.2, 0) is 12.3 Å². The fourth-order valence-electron chi connectivity index (χ4n) is 2.71. The van der Waals surface area contributed by atoms with Gasteiger partial charge in [0.1, 0.15) is 5.76 Å². The minimum atomic E-state index is -0.0753. The zero-order valence-electron chi connectivity index (χ0n) is 13.8. The van der Waals surface area contributed by atoms with Crippen LogP contribution < -0.4 is 5.56 Å². The molecular weight excluding hydrogens is 368 g/mol. The molecule has 0 amide bonds. The van der Waals surface area contributed by atoms with E-state index < -0.39 is 0 Å². The quantitative estimate of drug-likeness (QED) is 0.360. The lowest BCUT2D eigenvalue weighted by Gasteiger charge is -2.12. The highest BCUT2D eigenvalue weighted by Crippen LogP contribution is 2.26. The van der Waals surface area contributed by atoms with E-state index in [1.54, 1.807) is 16.9 Å². The highest BCUT2D eigenvalue weighted by molar-refractivity contribution is 7.98. The van der Waals surface area contributed by atoms with E-state index in [-0.39, 0.29) is 5.56 Å². The summed E-state index contributed by atoms with van der Waals surface area (Å²) in [5.41, 5.74) is 1.62. The zero-order valence-corrected chi connectivity index (χ0v) is 15.3. The van der Waals surface area contributed by atoms with Gasteiger partial charge in [-0.05, 0) is 35.9 Å². The summed E-state index contributed by atoms with van der Waals surface area (Å²) in [4.78, 5) is 17.7. The highest BCUT2D eigenvalue weighted by atomic mass is 35.5. The number of thioether (sulfide) groups is 1. The second-order valence-electron chi connectivity index (χ2n) is 5.76. The number of para-hydroxylation sites is 1. The molecular formula is C20H15ClN2O2S. The van der Waals surface area contributed by atoms with Gasteiger partial charge in [0, 0.05) is 10.8 Å². The Bertz CT molecular complexity index is 1110. The summed E-state index contributed by atoms with van der Waals surface area (Å²) >= 11 is 7.75. The van der Waals surface area contributed by atoms with Gasteiger partial charge in [0.2, 0.25) is 0 Å². The van der Waals surface area contributed by atoms with Gasteiger partial charge >= 0.3 is 0 Å². The van der Waals surface area contributed by atoms with Crippen LogP contribution in [0, 0.1) is 0 Å². The summed E-state index contributed by atoms with van der Waals surface area (Å²) in [6.45, 7) is 0.342. The third kappa shape index (κ3) is 3.41. The molecule has 0 aliphatic heterocycles. The van der Waals surface area contributed by atoms with Crippen LogP contribution in [0.1, 0.15) is 11.3 Å². The zero-order chi connectivity index (χ0) is 17.9. The van der Waals surface area contributed by atoms with Crippen LogP contribution in [0.25, 0.3) is 10.9 Å². The third-order valence-electron chi connectivity index (χ3n) is 4.04. The van der Waals surface area contributed by atoms with Crippen molar-refractivity contribution >= 4 is 34.3 Å². The molecule has 0 bridgehead atoms. The molecule has 4 aromatic rings. The van der Waals surface area contributed by atoms with Crippen molar-refractivity contribution in [3.05, 3.63) is 93.6 Å². The van der Waals surface area contributed by atoms with Crippen LogP contribution in [0.4, 0.5) is 0 Å². The lowest BCUT2D eigenvalue weighted by Crippen LogP contribution is -2.23. The van der Waals surface area contributed by atoms with Crippen molar-refractivity contribution in [2.45, 2.75) is 17.5 Å². The van der Waals surface area contributed by atoms with E-state index in [4.69, 9.17) is 21.0 Å². The van der Waals surface area contributed by atoms with Crippen molar-refractivity contribution in [2.75, 3.05) is 0 Å². The van der Waals surface area contributed by atoms with Crippen LogP contribution >= 0.6 is 23.4 Å². The van der Waals surface area contributed by atoms with E-state index in [1.165, 1.54) is 11.8 Å². The molecule has 0 saturated carbocycles. The van der Waals surface area contributed by atoms with Crippen LogP contribution in [0.5, 0.6) is 0 Å². The van der Waals surface area contributed by atoms with E-state index in [0.29, 0.717) is 39.1 Å². The molecule has 0 radical (unpaired) electrons. The van der Waals surface area contributed by atoms with Gasteiger partial charge in [-0.15, -0.1) is 0 Å². The van der Waals surface area contributed by atoms with E-state index in [1.807, 2.05) is 54.6 Å². The molecule has 0 N–H and O–H groups in total. The molecule has 6 heteroatoms. The first kappa shape index (κ1) is 16.9. The minimum Gasteiger partial charge on any atom is -0.467 e. The number of rotatable bonds is 5. The first-order valence-corrected chi connectivity index (χ1v) is 9.47. The molecule has 2 aromatic carbocycles. The fourth-order valence-corrected chi connectivity index (χ4v) is 4.00. The molecule has 0 aliphatic carbocycles. The molecule has 0 atom stereocenters. The molecule has 26 heavy (non-hydrogen) atoms. The minimum absolute atomic E-state index is 0.0753. The summed E-state index contributed by atoms with van der Waals surface area (Å²) < 4.78 is 7.08. The van der Waals surface area contributed by atoms with E-state index >= 15 is 0 Å². The van der Waals surface area contributed by atoms with Crippen LogP contribution in [-0.4, -0.2) is 9.55 Å². The van der Waals surface area contributed by atoms with Crippen molar-refractivity contribution in [2.24, 2.45) is 0 Å². The van der Waals surface area contributed by atoms with E-state index in [9.17, 15) is 4.79 Å². The van der Waals surface area contributed by atoms with Gasteiger partial charge in [-0.3, -0.25) is 9.36 Å². The van der Waals surface area contributed by atoms with Gasteiger partial charge in [0.25, 0.3) is 5.56 Å². The lowest BCUT2D eigenvalue weighted by molar-refractivity contribution is 0.476. The second kappa shape index (κ2) is 7.40. The molecule has 0 spiro atoms. The molecule has 0 fully saturated rings. The number of hydrogen-bond acceptors (Lipinski definition) is 4. The van der Waals surface area contributed by atoms with Gasteiger partial charge in [-0.2, -0.15) is 0 Å². The van der Waals surface area contributed by atoms with Gasteiger partial charge in [0.05, 0.1) is 23.7 Å². The number of nitrogens with zero attached hydrogens (tertiary/aromatic N) is 2. The molecule has 4 nitrogen and oxygen atoms in total. The first-order valence-electron chi connectivity index (χ1n) is 8.10. The summed E-state index contributed by atoms with van der Waals surface area (Å²) in [5, 5.41) is 1.95. The fraction of sp³-hybridized carbons (Fsp3) is 0.100. The van der Waals surface area contributed by atoms with E-state index in [2.05, 4.69) is 0 Å². The molecule has 0 unspecified atom stereocenters. The Balaban J connectivity index is 1.76. The molecule has 2 heterocycles. The maximum atomic E-state index is 13.0. The highest BCUT2D eigenvalue weighted by Gasteiger charge is 2.13. The number of hydrogen-bond donors (Lipinski definition) is 0. The maximum Gasteiger partial charge on any atom is 0.262 e. The largest absolute Gasteiger partial charge is 0.467 e. The van der Waals surface area contributed by atoms with Crippen molar-refractivity contribution < 1.29 is 4.42 Å². The summed E-state index contributed by atoms with van der Waals surface area (Å²) in [6, 6.07) is 18.7. The summed E-state index contributed by atoms with van der Waals surface area (Å²) in [7, 11) is 0. The SMILES string of the molecule is O=c1c2ccccc2nc(SCc2ccccc2Cl)n1Cc1ccco1. The Hall–Kier alpha value is -2.50.